The van der Waals surface area contributed by atoms with Gasteiger partial charge in [0.05, 0.1) is 17.6 Å². The fourth-order valence-electron chi connectivity index (χ4n) is 2.76. The van der Waals surface area contributed by atoms with E-state index >= 15 is 0 Å². The molecule has 4 heteroatoms. The molecule has 1 aromatic carbocycles. The average Bonchev–Trinajstić information content (AvgIpc) is 2.76. The molecule has 1 atom stereocenters. The van der Waals surface area contributed by atoms with Crippen LogP contribution in [0.1, 0.15) is 18.7 Å². The molecule has 0 saturated carbocycles. The van der Waals surface area contributed by atoms with Gasteiger partial charge < -0.3 is 14.6 Å². The number of fused-ring (bicyclic) bond motifs is 1. The van der Waals surface area contributed by atoms with E-state index in [1.54, 1.807) is 0 Å². The minimum Gasteiger partial charge on any atom is -0.380 e. The Morgan fingerprint density at radius 1 is 1.42 bits per heavy atom. The first-order valence-corrected chi connectivity index (χ1v) is 7.07. The second kappa shape index (κ2) is 5.72. The lowest BCUT2D eigenvalue weighted by atomic mass is 10.1. The Bertz CT molecular complexity index is 543. The number of nitrogens with one attached hydrogen (secondary N) is 1. The van der Waals surface area contributed by atoms with Crippen molar-refractivity contribution >= 4 is 11.0 Å². The zero-order valence-corrected chi connectivity index (χ0v) is 11.4. The highest BCUT2D eigenvalue weighted by Gasteiger charge is 2.13. The van der Waals surface area contributed by atoms with Crippen molar-refractivity contribution in [3.8, 4) is 0 Å². The van der Waals surface area contributed by atoms with Gasteiger partial charge in [-0.05, 0) is 31.9 Å². The fraction of sp³-hybridized carbons (Fsp3) is 0.533. The van der Waals surface area contributed by atoms with Crippen LogP contribution in [0.5, 0.6) is 0 Å². The molecule has 0 radical (unpaired) electrons. The summed E-state index contributed by atoms with van der Waals surface area (Å²) in [6.07, 6.45) is 2.40. The normalized spacial score (nSPS) is 19.9. The van der Waals surface area contributed by atoms with Crippen LogP contribution in [-0.4, -0.2) is 35.4 Å². The minimum atomic E-state index is 0.517. The summed E-state index contributed by atoms with van der Waals surface area (Å²) in [6, 6.07) is 8.84. The van der Waals surface area contributed by atoms with Crippen LogP contribution in [0.3, 0.4) is 0 Å². The molecule has 0 bridgehead atoms. The van der Waals surface area contributed by atoms with Gasteiger partial charge in [-0.15, -0.1) is 0 Å². The predicted molar refractivity (Wildman–Crippen MR) is 76.3 cm³/mol. The molecule has 1 aromatic heterocycles. The van der Waals surface area contributed by atoms with Crippen molar-refractivity contribution in [3.05, 3.63) is 30.1 Å². The van der Waals surface area contributed by atoms with Gasteiger partial charge in [0.2, 0.25) is 0 Å². The number of aryl methyl sites for hydroxylation is 1. The highest BCUT2D eigenvalue weighted by molar-refractivity contribution is 5.75. The van der Waals surface area contributed by atoms with Crippen LogP contribution in [0.25, 0.3) is 11.0 Å². The molecule has 0 aliphatic carbocycles. The maximum absolute atomic E-state index is 5.48. The van der Waals surface area contributed by atoms with Gasteiger partial charge in [-0.1, -0.05) is 12.1 Å². The number of hydrogen-bond donors (Lipinski definition) is 1. The van der Waals surface area contributed by atoms with Gasteiger partial charge in [0.15, 0.2) is 0 Å². The Hall–Kier alpha value is -1.39. The van der Waals surface area contributed by atoms with E-state index in [-0.39, 0.29) is 0 Å². The highest BCUT2D eigenvalue weighted by Crippen LogP contribution is 2.15. The summed E-state index contributed by atoms with van der Waals surface area (Å²) in [7, 11) is 0. The number of ether oxygens (including phenoxy) is 1. The van der Waals surface area contributed by atoms with E-state index in [1.807, 2.05) is 6.07 Å². The Balaban J connectivity index is 1.63. The summed E-state index contributed by atoms with van der Waals surface area (Å²) in [5.74, 6) is 1.09. The first kappa shape index (κ1) is 12.6. The zero-order chi connectivity index (χ0) is 13.1. The third-order valence-corrected chi connectivity index (χ3v) is 3.77. The highest BCUT2D eigenvalue weighted by atomic mass is 16.5. The molecule has 2 heterocycles. The molecule has 1 aliphatic rings. The van der Waals surface area contributed by atoms with Gasteiger partial charge in [0, 0.05) is 25.7 Å². The summed E-state index contributed by atoms with van der Waals surface area (Å²) in [4.78, 5) is 4.59. The largest absolute Gasteiger partial charge is 0.380 e. The molecule has 0 spiro atoms. The topological polar surface area (TPSA) is 39.1 Å². The number of benzene rings is 1. The van der Waals surface area contributed by atoms with Crippen LogP contribution >= 0.6 is 0 Å². The number of aromatic nitrogens is 2. The smallest absolute Gasteiger partial charge is 0.106 e. The first-order chi connectivity index (χ1) is 9.34. The van der Waals surface area contributed by atoms with Gasteiger partial charge in [-0.2, -0.15) is 0 Å². The summed E-state index contributed by atoms with van der Waals surface area (Å²) < 4.78 is 7.77. The van der Waals surface area contributed by atoms with Crippen LogP contribution in [0.4, 0.5) is 0 Å². The van der Waals surface area contributed by atoms with Gasteiger partial charge in [-0.25, -0.2) is 4.98 Å². The molecule has 1 fully saturated rings. The lowest BCUT2D eigenvalue weighted by Crippen LogP contribution is -2.38. The van der Waals surface area contributed by atoms with E-state index in [4.69, 9.17) is 4.74 Å². The molecule has 102 valence electrons. The van der Waals surface area contributed by atoms with E-state index in [0.717, 1.165) is 37.6 Å². The van der Waals surface area contributed by atoms with Gasteiger partial charge in [-0.3, -0.25) is 0 Å². The van der Waals surface area contributed by atoms with E-state index in [9.17, 15) is 0 Å². The minimum absolute atomic E-state index is 0.517. The van der Waals surface area contributed by atoms with E-state index < -0.39 is 0 Å². The summed E-state index contributed by atoms with van der Waals surface area (Å²) in [5, 5.41) is 3.58. The molecular weight excluding hydrogens is 238 g/mol. The van der Waals surface area contributed by atoms with Gasteiger partial charge in [0.25, 0.3) is 0 Å². The quantitative estimate of drug-likeness (QED) is 0.914. The second-order valence-corrected chi connectivity index (χ2v) is 5.17. The van der Waals surface area contributed by atoms with Crippen molar-refractivity contribution in [2.45, 2.75) is 32.4 Å². The number of rotatable bonds is 4. The average molecular weight is 259 g/mol. The Morgan fingerprint density at radius 3 is 3.16 bits per heavy atom. The van der Waals surface area contributed by atoms with Crippen molar-refractivity contribution in [2.24, 2.45) is 0 Å². The Labute approximate surface area is 113 Å². The lowest BCUT2D eigenvalue weighted by Gasteiger charge is -2.23. The Kier molecular flexibility index (Phi) is 3.80. The molecule has 3 rings (SSSR count). The van der Waals surface area contributed by atoms with E-state index in [2.05, 4.69) is 40.0 Å². The third-order valence-electron chi connectivity index (χ3n) is 3.77. The maximum Gasteiger partial charge on any atom is 0.106 e. The molecule has 1 unspecified atom stereocenters. The first-order valence-electron chi connectivity index (χ1n) is 7.07. The SMILES string of the molecule is Cc1nc2ccccc2n1CCNC1CCCOC1. The monoisotopic (exact) mass is 259 g/mol. The summed E-state index contributed by atoms with van der Waals surface area (Å²) >= 11 is 0. The third kappa shape index (κ3) is 2.80. The fourth-order valence-corrected chi connectivity index (χ4v) is 2.76. The van der Waals surface area contributed by atoms with Crippen LogP contribution in [-0.2, 0) is 11.3 Å². The number of imidazole rings is 1. The molecule has 0 amide bonds. The van der Waals surface area contributed by atoms with Gasteiger partial charge in [0.1, 0.15) is 5.82 Å². The lowest BCUT2D eigenvalue weighted by molar-refractivity contribution is 0.0703. The summed E-state index contributed by atoms with van der Waals surface area (Å²) in [5.41, 5.74) is 2.31. The second-order valence-electron chi connectivity index (χ2n) is 5.17. The molecule has 4 nitrogen and oxygen atoms in total. The molecule has 1 aliphatic heterocycles. The number of nitrogens with zero attached hydrogens (tertiary/aromatic N) is 2. The predicted octanol–water partition coefficient (Wildman–Crippen LogP) is 2.11. The maximum atomic E-state index is 5.48. The van der Waals surface area contributed by atoms with E-state index in [0.29, 0.717) is 6.04 Å². The molecule has 2 aromatic rings. The molecule has 19 heavy (non-hydrogen) atoms. The van der Waals surface area contributed by atoms with Crippen LogP contribution < -0.4 is 5.32 Å². The Morgan fingerprint density at radius 2 is 2.32 bits per heavy atom. The van der Waals surface area contributed by atoms with Crippen LogP contribution in [0.2, 0.25) is 0 Å². The van der Waals surface area contributed by atoms with Crippen LogP contribution in [0.15, 0.2) is 24.3 Å². The van der Waals surface area contributed by atoms with Crippen molar-refractivity contribution in [3.63, 3.8) is 0 Å². The molecular formula is C15H21N3O. The van der Waals surface area contributed by atoms with Gasteiger partial charge >= 0.3 is 0 Å². The van der Waals surface area contributed by atoms with Crippen molar-refractivity contribution in [1.82, 2.24) is 14.9 Å². The van der Waals surface area contributed by atoms with E-state index in [1.165, 1.54) is 18.4 Å². The van der Waals surface area contributed by atoms with Crippen molar-refractivity contribution in [2.75, 3.05) is 19.8 Å². The molecule has 1 N–H and O–H groups in total. The number of para-hydroxylation sites is 2. The zero-order valence-electron chi connectivity index (χ0n) is 11.4. The standard InChI is InChI=1S/C15H21N3O/c1-12-17-14-6-2-3-7-15(14)18(12)9-8-16-13-5-4-10-19-11-13/h2-3,6-7,13,16H,4-5,8-11H2,1H3. The molecule has 1 saturated heterocycles. The van der Waals surface area contributed by atoms with Crippen LogP contribution in [0, 0.1) is 6.92 Å². The summed E-state index contributed by atoms with van der Waals surface area (Å²) in [6.45, 7) is 5.77. The van der Waals surface area contributed by atoms with Crippen molar-refractivity contribution < 1.29 is 4.74 Å². The number of hydrogen-bond acceptors (Lipinski definition) is 3. The van der Waals surface area contributed by atoms with Crippen molar-refractivity contribution in [1.29, 1.82) is 0 Å².